The molecule has 0 aliphatic rings. The molecule has 0 aliphatic heterocycles. The van der Waals surface area contributed by atoms with Gasteiger partial charge in [-0.05, 0) is 42.0 Å². The number of benzene rings is 2. The van der Waals surface area contributed by atoms with Gasteiger partial charge in [0.25, 0.3) is 0 Å². The van der Waals surface area contributed by atoms with E-state index in [9.17, 15) is 4.79 Å². The summed E-state index contributed by atoms with van der Waals surface area (Å²) in [4.78, 5) is 11.2. The lowest BCUT2D eigenvalue weighted by atomic mass is 10.0. The van der Waals surface area contributed by atoms with E-state index >= 15 is 0 Å². The molecule has 1 aromatic heterocycles. The Bertz CT molecular complexity index is 833. The van der Waals surface area contributed by atoms with Crippen molar-refractivity contribution in [2.75, 3.05) is 7.11 Å². The summed E-state index contributed by atoms with van der Waals surface area (Å²) in [5.41, 5.74) is 3.10. The maximum atomic E-state index is 11.2. The van der Waals surface area contributed by atoms with Crippen LogP contribution in [0.5, 0.6) is 5.75 Å². The van der Waals surface area contributed by atoms with Crippen molar-refractivity contribution in [1.29, 1.82) is 0 Å². The lowest BCUT2D eigenvalue weighted by Crippen LogP contribution is -1.98. The molecule has 0 saturated carbocycles. The molecular formula is C17H15NO3. The first-order valence-corrected chi connectivity index (χ1v) is 6.57. The average molecular weight is 281 g/mol. The average Bonchev–Trinajstić information content (AvgIpc) is 2.87. The van der Waals surface area contributed by atoms with Crippen LogP contribution in [0, 0.1) is 0 Å². The monoisotopic (exact) mass is 281 g/mol. The molecule has 0 bridgehead atoms. The number of nitrogens with zero attached hydrogens (tertiary/aromatic N) is 1. The van der Waals surface area contributed by atoms with Gasteiger partial charge >= 0.3 is 5.97 Å². The summed E-state index contributed by atoms with van der Waals surface area (Å²) < 4.78 is 7.40. The van der Waals surface area contributed by atoms with E-state index in [2.05, 4.69) is 0 Å². The molecule has 0 unspecified atom stereocenters. The van der Waals surface area contributed by atoms with E-state index in [1.165, 1.54) is 0 Å². The highest BCUT2D eigenvalue weighted by Crippen LogP contribution is 2.33. The third-order valence-electron chi connectivity index (χ3n) is 3.64. The number of aromatic nitrogens is 1. The molecule has 0 fully saturated rings. The Morgan fingerprint density at radius 1 is 1.14 bits per heavy atom. The maximum absolute atomic E-state index is 11.2. The smallest absolute Gasteiger partial charge is 0.335 e. The molecular weight excluding hydrogens is 266 g/mol. The van der Waals surface area contributed by atoms with Crippen molar-refractivity contribution >= 4 is 16.9 Å². The highest BCUT2D eigenvalue weighted by atomic mass is 16.5. The highest BCUT2D eigenvalue weighted by molar-refractivity contribution is 5.92. The first kappa shape index (κ1) is 13.2. The van der Waals surface area contributed by atoms with Crippen LogP contribution in [0.1, 0.15) is 10.4 Å². The number of aryl methyl sites for hydroxylation is 1. The number of aromatic carboxylic acids is 1. The van der Waals surface area contributed by atoms with Crippen molar-refractivity contribution in [3.05, 3.63) is 54.2 Å². The summed E-state index contributed by atoms with van der Waals surface area (Å²) in [6.07, 6.45) is 2.00. The Balaban J connectivity index is 2.20. The summed E-state index contributed by atoms with van der Waals surface area (Å²) in [5, 5.41) is 10.3. The predicted octanol–water partition coefficient (Wildman–Crippen LogP) is 3.55. The normalized spacial score (nSPS) is 10.8. The molecule has 0 radical (unpaired) electrons. The van der Waals surface area contributed by atoms with Crippen LogP contribution < -0.4 is 4.74 Å². The fourth-order valence-electron chi connectivity index (χ4n) is 2.52. The second kappa shape index (κ2) is 4.98. The lowest BCUT2D eigenvalue weighted by Gasteiger charge is -2.10. The van der Waals surface area contributed by atoms with Gasteiger partial charge in [0.15, 0.2) is 0 Å². The zero-order valence-electron chi connectivity index (χ0n) is 11.8. The zero-order valence-corrected chi connectivity index (χ0v) is 11.8. The number of carboxylic acids is 1. The molecule has 0 saturated heterocycles. The van der Waals surface area contributed by atoms with E-state index in [0.717, 1.165) is 22.0 Å². The molecule has 3 rings (SSSR count). The molecule has 1 heterocycles. The van der Waals surface area contributed by atoms with Gasteiger partial charge in [-0.25, -0.2) is 4.79 Å². The Kier molecular flexibility index (Phi) is 3.14. The van der Waals surface area contributed by atoms with Gasteiger partial charge in [0.05, 0.1) is 12.7 Å². The van der Waals surface area contributed by atoms with Gasteiger partial charge in [-0.2, -0.15) is 0 Å². The van der Waals surface area contributed by atoms with Crippen LogP contribution in [0.3, 0.4) is 0 Å². The van der Waals surface area contributed by atoms with Crippen LogP contribution >= 0.6 is 0 Å². The van der Waals surface area contributed by atoms with Crippen molar-refractivity contribution in [3.8, 4) is 16.9 Å². The number of ether oxygens (including phenoxy) is 1. The number of carbonyl (C=O) groups is 1. The standard InChI is InChI=1S/C17H15NO3/c1-18-8-7-12-9-11(3-5-15(12)18)14-10-13(17(19)20)4-6-16(14)21-2/h3-10H,1-2H3,(H,19,20). The summed E-state index contributed by atoms with van der Waals surface area (Å²) in [7, 11) is 3.58. The minimum Gasteiger partial charge on any atom is -0.496 e. The molecule has 0 atom stereocenters. The van der Waals surface area contributed by atoms with Gasteiger partial charge in [0.1, 0.15) is 5.75 Å². The van der Waals surface area contributed by atoms with Crippen LogP contribution in [-0.2, 0) is 7.05 Å². The van der Waals surface area contributed by atoms with Gasteiger partial charge in [0, 0.05) is 29.7 Å². The molecule has 0 aliphatic carbocycles. The zero-order chi connectivity index (χ0) is 15.0. The predicted molar refractivity (Wildman–Crippen MR) is 81.9 cm³/mol. The van der Waals surface area contributed by atoms with E-state index in [0.29, 0.717) is 5.75 Å². The Labute approximate surface area is 122 Å². The summed E-state index contributed by atoms with van der Waals surface area (Å²) in [6, 6.07) is 13.0. The second-order valence-corrected chi connectivity index (χ2v) is 4.92. The van der Waals surface area contributed by atoms with Crippen molar-refractivity contribution in [2.24, 2.45) is 7.05 Å². The summed E-state index contributed by atoms with van der Waals surface area (Å²) in [6.45, 7) is 0. The fourth-order valence-corrected chi connectivity index (χ4v) is 2.52. The van der Waals surface area contributed by atoms with Gasteiger partial charge in [-0.3, -0.25) is 0 Å². The first-order chi connectivity index (χ1) is 10.1. The van der Waals surface area contributed by atoms with E-state index in [1.807, 2.05) is 42.1 Å². The minimum atomic E-state index is -0.945. The SMILES string of the molecule is COc1ccc(C(=O)O)cc1-c1ccc2c(ccn2C)c1. The maximum Gasteiger partial charge on any atom is 0.335 e. The Morgan fingerprint density at radius 3 is 2.67 bits per heavy atom. The largest absolute Gasteiger partial charge is 0.496 e. The number of hydrogen-bond acceptors (Lipinski definition) is 2. The van der Waals surface area contributed by atoms with Crippen molar-refractivity contribution < 1.29 is 14.6 Å². The van der Waals surface area contributed by atoms with E-state index in [4.69, 9.17) is 9.84 Å². The van der Waals surface area contributed by atoms with Crippen molar-refractivity contribution in [3.63, 3.8) is 0 Å². The van der Waals surface area contributed by atoms with Crippen LogP contribution in [0.15, 0.2) is 48.7 Å². The summed E-state index contributed by atoms with van der Waals surface area (Å²) in [5.74, 6) is -0.282. The molecule has 3 aromatic rings. The van der Waals surface area contributed by atoms with Gasteiger partial charge in [0.2, 0.25) is 0 Å². The van der Waals surface area contributed by atoms with Crippen molar-refractivity contribution in [1.82, 2.24) is 4.57 Å². The number of fused-ring (bicyclic) bond motifs is 1. The van der Waals surface area contributed by atoms with Crippen LogP contribution in [-0.4, -0.2) is 22.8 Å². The molecule has 1 N–H and O–H groups in total. The molecule has 106 valence electrons. The molecule has 0 spiro atoms. The third-order valence-corrected chi connectivity index (χ3v) is 3.64. The number of methoxy groups -OCH3 is 1. The second-order valence-electron chi connectivity index (χ2n) is 4.92. The topological polar surface area (TPSA) is 51.5 Å². The van der Waals surface area contributed by atoms with E-state index < -0.39 is 5.97 Å². The minimum absolute atomic E-state index is 0.249. The van der Waals surface area contributed by atoms with Crippen LogP contribution in [0.2, 0.25) is 0 Å². The Morgan fingerprint density at radius 2 is 1.95 bits per heavy atom. The molecule has 21 heavy (non-hydrogen) atoms. The highest BCUT2D eigenvalue weighted by Gasteiger charge is 2.11. The van der Waals surface area contributed by atoms with E-state index in [-0.39, 0.29) is 5.56 Å². The van der Waals surface area contributed by atoms with E-state index in [1.54, 1.807) is 25.3 Å². The van der Waals surface area contributed by atoms with Gasteiger partial charge in [-0.15, -0.1) is 0 Å². The summed E-state index contributed by atoms with van der Waals surface area (Å²) >= 11 is 0. The number of carboxylic acid groups (broad SMARTS) is 1. The van der Waals surface area contributed by atoms with Crippen LogP contribution in [0.4, 0.5) is 0 Å². The Hall–Kier alpha value is -2.75. The number of rotatable bonds is 3. The third kappa shape index (κ3) is 2.25. The molecule has 4 heteroatoms. The van der Waals surface area contributed by atoms with Gasteiger partial charge in [-0.1, -0.05) is 6.07 Å². The van der Waals surface area contributed by atoms with Crippen molar-refractivity contribution in [2.45, 2.75) is 0 Å². The van der Waals surface area contributed by atoms with Crippen LogP contribution in [0.25, 0.3) is 22.0 Å². The number of hydrogen-bond donors (Lipinski definition) is 1. The van der Waals surface area contributed by atoms with Gasteiger partial charge < -0.3 is 14.4 Å². The quantitative estimate of drug-likeness (QED) is 0.798. The molecule has 4 nitrogen and oxygen atoms in total. The fraction of sp³-hybridized carbons (Fsp3) is 0.118. The first-order valence-electron chi connectivity index (χ1n) is 6.57. The molecule has 2 aromatic carbocycles. The lowest BCUT2D eigenvalue weighted by molar-refractivity contribution is 0.0697. The molecule has 0 amide bonds.